The fraction of sp³-hybridized carbons (Fsp3) is 0.308. The Morgan fingerprint density at radius 1 is 1.28 bits per heavy atom. The maximum atomic E-state index is 6.25. The van der Waals surface area contributed by atoms with E-state index in [0.29, 0.717) is 5.02 Å². The highest BCUT2D eigenvalue weighted by Gasteiger charge is 2.20. The minimum atomic E-state index is 0.665. The first-order valence-corrected chi connectivity index (χ1v) is 7.15. The Hall–Kier alpha value is -0.840. The fourth-order valence-electron chi connectivity index (χ4n) is 2.62. The third-order valence-electron chi connectivity index (χ3n) is 3.46. The summed E-state index contributed by atoms with van der Waals surface area (Å²) in [5, 5.41) is 1.64. The van der Waals surface area contributed by atoms with Crippen LogP contribution in [0.2, 0.25) is 5.02 Å². The number of nitrogens with two attached hydrogens (primary N) is 1. The van der Waals surface area contributed by atoms with Gasteiger partial charge in [-0.1, -0.05) is 27.5 Å². The second kappa shape index (κ2) is 4.68. The second-order valence-corrected chi connectivity index (χ2v) is 5.78. The molecule has 0 spiro atoms. The van der Waals surface area contributed by atoms with Crippen molar-refractivity contribution in [2.75, 3.05) is 5.43 Å². The van der Waals surface area contributed by atoms with Crippen LogP contribution in [-0.2, 0) is 12.8 Å². The molecule has 1 heterocycles. The number of halogens is 2. The summed E-state index contributed by atoms with van der Waals surface area (Å²) >= 11 is 9.80. The van der Waals surface area contributed by atoms with Gasteiger partial charge in [-0.05, 0) is 43.4 Å². The fourth-order valence-corrected chi connectivity index (χ4v) is 3.33. The average molecular weight is 327 g/mol. The number of rotatable bonds is 1. The van der Waals surface area contributed by atoms with E-state index >= 15 is 0 Å². The molecule has 0 radical (unpaired) electrons. The van der Waals surface area contributed by atoms with Crippen molar-refractivity contribution in [3.8, 4) is 0 Å². The molecule has 0 saturated carbocycles. The number of anilines is 1. The summed E-state index contributed by atoms with van der Waals surface area (Å²) < 4.78 is 0.968. The monoisotopic (exact) mass is 325 g/mol. The molecule has 2 aromatic rings. The molecule has 18 heavy (non-hydrogen) atoms. The summed E-state index contributed by atoms with van der Waals surface area (Å²) in [6.45, 7) is 0. The molecule has 0 fully saturated rings. The number of pyridine rings is 1. The van der Waals surface area contributed by atoms with Gasteiger partial charge in [0.05, 0.1) is 16.2 Å². The van der Waals surface area contributed by atoms with Crippen LogP contribution in [0.15, 0.2) is 16.6 Å². The molecule has 1 aromatic carbocycles. The predicted molar refractivity (Wildman–Crippen MR) is 78.9 cm³/mol. The van der Waals surface area contributed by atoms with Crippen molar-refractivity contribution in [3.05, 3.63) is 32.9 Å². The standard InChI is InChI=1S/C13H13BrClN3/c14-8-5-6-9(15)13-11(8)12(18-16)7-3-1-2-4-10(7)17-13/h5-6H,1-4,16H2,(H,17,18). The minimum Gasteiger partial charge on any atom is -0.323 e. The second-order valence-electron chi connectivity index (χ2n) is 4.52. The molecule has 0 aliphatic heterocycles. The lowest BCUT2D eigenvalue weighted by Gasteiger charge is -2.21. The van der Waals surface area contributed by atoms with Crippen molar-refractivity contribution in [2.45, 2.75) is 25.7 Å². The topological polar surface area (TPSA) is 50.9 Å². The number of aromatic nitrogens is 1. The van der Waals surface area contributed by atoms with Crippen molar-refractivity contribution >= 4 is 44.1 Å². The van der Waals surface area contributed by atoms with E-state index in [0.717, 1.165) is 39.6 Å². The molecule has 0 amide bonds. The highest BCUT2D eigenvalue weighted by atomic mass is 79.9. The molecule has 1 aliphatic carbocycles. The summed E-state index contributed by atoms with van der Waals surface area (Å²) in [7, 11) is 0. The van der Waals surface area contributed by atoms with Gasteiger partial charge in [0, 0.05) is 15.6 Å². The van der Waals surface area contributed by atoms with Gasteiger partial charge < -0.3 is 5.43 Å². The number of fused-ring (bicyclic) bond motifs is 2. The van der Waals surface area contributed by atoms with Crippen molar-refractivity contribution in [1.82, 2.24) is 4.98 Å². The van der Waals surface area contributed by atoms with E-state index in [1.807, 2.05) is 12.1 Å². The maximum Gasteiger partial charge on any atom is 0.0924 e. The molecule has 3 rings (SSSR count). The Balaban J connectivity index is 2.44. The van der Waals surface area contributed by atoms with Crippen LogP contribution in [0.1, 0.15) is 24.1 Å². The highest BCUT2D eigenvalue weighted by Crippen LogP contribution is 2.39. The van der Waals surface area contributed by atoms with Crippen molar-refractivity contribution in [2.24, 2.45) is 5.84 Å². The molecule has 0 saturated heterocycles. The first kappa shape index (κ1) is 12.2. The zero-order chi connectivity index (χ0) is 12.7. The van der Waals surface area contributed by atoms with Crippen LogP contribution in [0.5, 0.6) is 0 Å². The summed E-state index contributed by atoms with van der Waals surface area (Å²) in [5.41, 5.74) is 6.98. The van der Waals surface area contributed by atoms with E-state index in [1.54, 1.807) is 0 Å². The van der Waals surface area contributed by atoms with Gasteiger partial charge in [0.2, 0.25) is 0 Å². The molecule has 3 nitrogen and oxygen atoms in total. The smallest absolute Gasteiger partial charge is 0.0924 e. The van der Waals surface area contributed by atoms with E-state index in [2.05, 4.69) is 21.4 Å². The third-order valence-corrected chi connectivity index (χ3v) is 4.43. The Morgan fingerprint density at radius 3 is 2.83 bits per heavy atom. The van der Waals surface area contributed by atoms with Crippen molar-refractivity contribution in [1.29, 1.82) is 0 Å². The number of hydrazine groups is 1. The van der Waals surface area contributed by atoms with Crippen LogP contribution in [0.4, 0.5) is 5.69 Å². The average Bonchev–Trinajstić information content (AvgIpc) is 2.41. The Kier molecular flexibility index (Phi) is 3.18. The van der Waals surface area contributed by atoms with Gasteiger partial charge >= 0.3 is 0 Å². The normalized spacial score (nSPS) is 14.6. The van der Waals surface area contributed by atoms with Crippen molar-refractivity contribution in [3.63, 3.8) is 0 Å². The summed E-state index contributed by atoms with van der Waals surface area (Å²) in [4.78, 5) is 4.73. The lowest BCUT2D eigenvalue weighted by atomic mass is 9.93. The zero-order valence-corrected chi connectivity index (χ0v) is 12.1. The van der Waals surface area contributed by atoms with Crippen LogP contribution in [0.3, 0.4) is 0 Å². The molecule has 3 N–H and O–H groups in total. The van der Waals surface area contributed by atoms with Gasteiger partial charge in [-0.25, -0.2) is 0 Å². The summed E-state index contributed by atoms with van der Waals surface area (Å²) in [6.07, 6.45) is 4.40. The van der Waals surface area contributed by atoms with Crippen LogP contribution >= 0.6 is 27.5 Å². The van der Waals surface area contributed by atoms with Crippen LogP contribution in [0.25, 0.3) is 10.9 Å². The largest absolute Gasteiger partial charge is 0.323 e. The molecule has 0 atom stereocenters. The Bertz CT molecular complexity index is 627. The minimum absolute atomic E-state index is 0.665. The highest BCUT2D eigenvalue weighted by molar-refractivity contribution is 9.10. The summed E-state index contributed by atoms with van der Waals surface area (Å²) in [6, 6.07) is 3.79. The number of aryl methyl sites for hydroxylation is 1. The number of hydrogen-bond donors (Lipinski definition) is 2. The molecule has 94 valence electrons. The first-order chi connectivity index (χ1) is 8.72. The van der Waals surface area contributed by atoms with E-state index < -0.39 is 0 Å². The van der Waals surface area contributed by atoms with Crippen LogP contribution in [0, 0.1) is 0 Å². The molecular formula is C13H13BrClN3. The molecule has 1 aliphatic rings. The number of nitrogens with zero attached hydrogens (tertiary/aromatic N) is 1. The van der Waals surface area contributed by atoms with Gasteiger partial charge in [0.25, 0.3) is 0 Å². The van der Waals surface area contributed by atoms with E-state index in [-0.39, 0.29) is 0 Å². The van der Waals surface area contributed by atoms with Gasteiger partial charge in [0.1, 0.15) is 0 Å². The number of nitrogen functional groups attached to an aromatic ring is 1. The molecule has 5 heteroatoms. The van der Waals surface area contributed by atoms with Gasteiger partial charge in [-0.2, -0.15) is 0 Å². The Morgan fingerprint density at radius 2 is 2.06 bits per heavy atom. The van der Waals surface area contributed by atoms with Crippen LogP contribution < -0.4 is 11.3 Å². The lowest BCUT2D eigenvalue weighted by molar-refractivity contribution is 0.672. The zero-order valence-electron chi connectivity index (χ0n) is 9.76. The molecular weight excluding hydrogens is 314 g/mol. The van der Waals surface area contributed by atoms with E-state index in [4.69, 9.17) is 22.4 Å². The summed E-state index contributed by atoms with van der Waals surface area (Å²) in [5.74, 6) is 5.72. The molecule has 1 aromatic heterocycles. The van der Waals surface area contributed by atoms with E-state index in [9.17, 15) is 0 Å². The lowest BCUT2D eigenvalue weighted by Crippen LogP contribution is -2.15. The number of nitrogens with one attached hydrogen (secondary N) is 1. The van der Waals surface area contributed by atoms with Crippen molar-refractivity contribution < 1.29 is 0 Å². The van der Waals surface area contributed by atoms with Gasteiger partial charge in [-0.3, -0.25) is 10.8 Å². The maximum absolute atomic E-state index is 6.25. The Labute approximate surface area is 119 Å². The number of hydrogen-bond acceptors (Lipinski definition) is 3. The SMILES string of the molecule is NNc1c2c(nc3c(Cl)ccc(Br)c13)CCCC2. The number of benzene rings is 1. The molecule has 0 unspecified atom stereocenters. The molecule has 0 bridgehead atoms. The third kappa shape index (κ3) is 1.79. The van der Waals surface area contributed by atoms with Crippen LogP contribution in [-0.4, -0.2) is 4.98 Å². The predicted octanol–water partition coefficient (Wildman–Crippen LogP) is 3.82. The van der Waals surface area contributed by atoms with Gasteiger partial charge in [-0.15, -0.1) is 0 Å². The van der Waals surface area contributed by atoms with Gasteiger partial charge in [0.15, 0.2) is 0 Å². The first-order valence-electron chi connectivity index (χ1n) is 5.98. The van der Waals surface area contributed by atoms with E-state index in [1.165, 1.54) is 18.4 Å². The quantitative estimate of drug-likeness (QED) is 0.619.